The zero-order valence-electron chi connectivity index (χ0n) is 18.4. The van der Waals surface area contributed by atoms with Gasteiger partial charge in [-0.2, -0.15) is 5.10 Å². The molecule has 1 amide bonds. The Kier molecular flexibility index (Phi) is 8.47. The van der Waals surface area contributed by atoms with E-state index in [4.69, 9.17) is 11.6 Å². The van der Waals surface area contributed by atoms with Crippen LogP contribution in [0.1, 0.15) is 43.7 Å². The zero-order valence-corrected chi connectivity index (χ0v) is 20.8. The van der Waals surface area contributed by atoms with Crippen molar-refractivity contribution >= 4 is 47.2 Å². The standard InChI is InChI=1S/C24H26ClN5OS2/c1-32-21-13-7-17(8-14-21)15-26-27-22(31)16-33-24-29-28-23(18-9-11-19(25)12-10-18)30(24)20-5-3-2-4-6-20/h7-15,20H,2-6,16H2,1H3,(H,27,31). The third-order valence-electron chi connectivity index (χ3n) is 5.56. The van der Waals surface area contributed by atoms with Gasteiger partial charge < -0.3 is 0 Å². The molecule has 1 fully saturated rings. The Bertz CT molecular complexity index is 1090. The summed E-state index contributed by atoms with van der Waals surface area (Å²) in [5, 5.41) is 14.4. The molecule has 9 heteroatoms. The van der Waals surface area contributed by atoms with Gasteiger partial charge >= 0.3 is 0 Å². The van der Waals surface area contributed by atoms with E-state index in [0.29, 0.717) is 11.1 Å². The second kappa shape index (κ2) is 11.7. The van der Waals surface area contributed by atoms with Crippen LogP contribution in [0, 0.1) is 0 Å². The highest BCUT2D eigenvalue weighted by atomic mass is 35.5. The van der Waals surface area contributed by atoms with Crippen molar-refractivity contribution in [3.63, 3.8) is 0 Å². The Morgan fingerprint density at radius 1 is 1.12 bits per heavy atom. The molecule has 1 aliphatic rings. The van der Waals surface area contributed by atoms with Crippen molar-refractivity contribution in [2.45, 2.75) is 48.2 Å². The number of carbonyl (C=O) groups excluding carboxylic acids is 1. The first-order valence-electron chi connectivity index (χ1n) is 10.9. The number of amides is 1. The smallest absolute Gasteiger partial charge is 0.250 e. The van der Waals surface area contributed by atoms with Crippen molar-refractivity contribution in [3.05, 3.63) is 59.1 Å². The van der Waals surface area contributed by atoms with Crippen LogP contribution in [0.15, 0.2) is 63.7 Å². The lowest BCUT2D eigenvalue weighted by atomic mass is 9.95. The van der Waals surface area contributed by atoms with Gasteiger partial charge in [-0.3, -0.25) is 9.36 Å². The number of rotatable bonds is 8. The number of hydrazone groups is 1. The zero-order chi connectivity index (χ0) is 23.0. The molecule has 1 heterocycles. The summed E-state index contributed by atoms with van der Waals surface area (Å²) in [6, 6.07) is 16.0. The summed E-state index contributed by atoms with van der Waals surface area (Å²) in [5.74, 6) is 0.866. The summed E-state index contributed by atoms with van der Waals surface area (Å²) in [6.07, 6.45) is 9.53. The lowest BCUT2D eigenvalue weighted by Crippen LogP contribution is -2.20. The largest absolute Gasteiger partial charge is 0.299 e. The van der Waals surface area contributed by atoms with Crippen molar-refractivity contribution in [1.82, 2.24) is 20.2 Å². The first kappa shape index (κ1) is 23.9. The van der Waals surface area contributed by atoms with Crippen LogP contribution in [0.25, 0.3) is 11.4 Å². The molecule has 4 rings (SSSR count). The molecule has 6 nitrogen and oxygen atoms in total. The highest BCUT2D eigenvalue weighted by Crippen LogP contribution is 2.35. The van der Waals surface area contributed by atoms with Gasteiger partial charge in [-0.05, 0) is 61.1 Å². The number of benzene rings is 2. The third kappa shape index (κ3) is 6.40. The highest BCUT2D eigenvalue weighted by Gasteiger charge is 2.24. The fraction of sp³-hybridized carbons (Fsp3) is 0.333. The summed E-state index contributed by atoms with van der Waals surface area (Å²) < 4.78 is 2.21. The average Bonchev–Trinajstić information content (AvgIpc) is 3.28. The number of hydrogen-bond donors (Lipinski definition) is 1. The van der Waals surface area contributed by atoms with Gasteiger partial charge in [0.05, 0.1) is 12.0 Å². The fourth-order valence-electron chi connectivity index (χ4n) is 3.87. The Balaban J connectivity index is 1.42. The molecular weight excluding hydrogens is 474 g/mol. The van der Waals surface area contributed by atoms with E-state index < -0.39 is 0 Å². The number of thioether (sulfide) groups is 2. The SMILES string of the molecule is CSc1ccc(C=NNC(=O)CSc2nnc(-c3ccc(Cl)cc3)n2C2CCCCC2)cc1. The molecule has 0 unspecified atom stereocenters. The summed E-state index contributed by atoms with van der Waals surface area (Å²) >= 11 is 9.15. The van der Waals surface area contributed by atoms with Gasteiger partial charge in [0, 0.05) is 21.5 Å². The maximum Gasteiger partial charge on any atom is 0.250 e. The molecule has 0 spiro atoms. The van der Waals surface area contributed by atoms with Gasteiger partial charge in [-0.1, -0.05) is 54.8 Å². The number of nitrogens with zero attached hydrogens (tertiary/aromatic N) is 4. The number of halogens is 1. The van der Waals surface area contributed by atoms with E-state index in [9.17, 15) is 4.79 Å². The topological polar surface area (TPSA) is 72.2 Å². The molecule has 2 aromatic carbocycles. The molecule has 1 aliphatic carbocycles. The molecule has 172 valence electrons. The van der Waals surface area contributed by atoms with Crippen LogP contribution in [0.5, 0.6) is 0 Å². The molecule has 0 atom stereocenters. The van der Waals surface area contributed by atoms with Crippen LogP contribution in [0.2, 0.25) is 5.02 Å². The van der Waals surface area contributed by atoms with Crippen molar-refractivity contribution in [3.8, 4) is 11.4 Å². The van der Waals surface area contributed by atoms with Crippen LogP contribution >= 0.6 is 35.1 Å². The van der Waals surface area contributed by atoms with Gasteiger partial charge in [-0.15, -0.1) is 22.0 Å². The molecule has 3 aromatic rings. The van der Waals surface area contributed by atoms with Gasteiger partial charge in [0.1, 0.15) is 0 Å². The van der Waals surface area contributed by atoms with Crippen molar-refractivity contribution in [2.75, 3.05) is 12.0 Å². The summed E-state index contributed by atoms with van der Waals surface area (Å²) in [6.45, 7) is 0. The van der Waals surface area contributed by atoms with E-state index in [0.717, 1.165) is 34.9 Å². The molecule has 0 saturated heterocycles. The number of carbonyl (C=O) groups is 1. The Hall–Kier alpha value is -2.29. The minimum Gasteiger partial charge on any atom is -0.299 e. The first-order chi connectivity index (χ1) is 16.1. The Labute approximate surface area is 207 Å². The van der Waals surface area contributed by atoms with Crippen LogP contribution in [0.3, 0.4) is 0 Å². The predicted molar refractivity (Wildman–Crippen MR) is 137 cm³/mol. The quantitative estimate of drug-likeness (QED) is 0.231. The maximum absolute atomic E-state index is 12.4. The highest BCUT2D eigenvalue weighted by molar-refractivity contribution is 7.99. The van der Waals surface area contributed by atoms with E-state index in [2.05, 4.69) is 25.3 Å². The molecule has 0 bridgehead atoms. The fourth-order valence-corrected chi connectivity index (χ4v) is 5.20. The summed E-state index contributed by atoms with van der Waals surface area (Å²) in [5.41, 5.74) is 4.52. The lowest BCUT2D eigenvalue weighted by Gasteiger charge is -2.25. The maximum atomic E-state index is 12.4. The van der Waals surface area contributed by atoms with Gasteiger partial charge in [-0.25, -0.2) is 5.43 Å². The number of hydrogen-bond acceptors (Lipinski definition) is 6. The second-order valence-electron chi connectivity index (χ2n) is 7.83. The normalized spacial score (nSPS) is 14.6. The van der Waals surface area contributed by atoms with Crippen molar-refractivity contribution < 1.29 is 4.79 Å². The molecular formula is C24H26ClN5OS2. The number of nitrogens with one attached hydrogen (secondary N) is 1. The summed E-state index contributed by atoms with van der Waals surface area (Å²) in [7, 11) is 0. The van der Waals surface area contributed by atoms with Gasteiger partial charge in [0.25, 0.3) is 5.91 Å². The van der Waals surface area contributed by atoms with Crippen LogP contribution in [-0.4, -0.2) is 38.9 Å². The first-order valence-corrected chi connectivity index (χ1v) is 13.5. The molecule has 1 aromatic heterocycles. The minimum atomic E-state index is -0.178. The molecule has 0 radical (unpaired) electrons. The molecule has 33 heavy (non-hydrogen) atoms. The van der Waals surface area contributed by atoms with Crippen LogP contribution in [0.4, 0.5) is 0 Å². The van der Waals surface area contributed by atoms with Crippen LogP contribution in [-0.2, 0) is 4.79 Å². The van der Waals surface area contributed by atoms with Gasteiger partial charge in [0.15, 0.2) is 11.0 Å². The van der Waals surface area contributed by atoms with Crippen molar-refractivity contribution in [2.24, 2.45) is 5.10 Å². The Morgan fingerprint density at radius 2 is 1.85 bits per heavy atom. The molecule has 1 saturated carbocycles. The average molecular weight is 500 g/mol. The van der Waals surface area contributed by atoms with Crippen molar-refractivity contribution in [1.29, 1.82) is 0 Å². The summed E-state index contributed by atoms with van der Waals surface area (Å²) in [4.78, 5) is 13.6. The second-order valence-corrected chi connectivity index (χ2v) is 10.1. The predicted octanol–water partition coefficient (Wildman–Crippen LogP) is 6.07. The minimum absolute atomic E-state index is 0.178. The van der Waals surface area contributed by atoms with Crippen LogP contribution < -0.4 is 5.43 Å². The van der Waals surface area contributed by atoms with E-state index >= 15 is 0 Å². The van der Waals surface area contributed by atoms with E-state index in [1.54, 1.807) is 18.0 Å². The molecule has 1 N–H and O–H groups in total. The monoisotopic (exact) mass is 499 g/mol. The van der Waals surface area contributed by atoms with E-state index in [-0.39, 0.29) is 11.7 Å². The lowest BCUT2D eigenvalue weighted by molar-refractivity contribution is -0.118. The van der Waals surface area contributed by atoms with E-state index in [1.165, 1.54) is 35.9 Å². The van der Waals surface area contributed by atoms with Gasteiger partial charge in [0.2, 0.25) is 0 Å². The number of aromatic nitrogens is 3. The Morgan fingerprint density at radius 3 is 2.55 bits per heavy atom. The molecule has 0 aliphatic heterocycles. The van der Waals surface area contributed by atoms with E-state index in [1.807, 2.05) is 54.8 Å². The third-order valence-corrected chi connectivity index (χ3v) is 7.50.